The Morgan fingerprint density at radius 3 is 2.58 bits per heavy atom. The first-order chi connectivity index (χ1) is 15.7. The first-order valence-corrected chi connectivity index (χ1v) is 12.4. The lowest BCUT2D eigenvalue weighted by Gasteiger charge is -2.24. The number of ether oxygens (including phenoxy) is 2. The highest BCUT2D eigenvalue weighted by molar-refractivity contribution is 7.91. The van der Waals surface area contributed by atoms with Crippen molar-refractivity contribution in [2.24, 2.45) is 5.73 Å². The molecule has 0 saturated carbocycles. The molecule has 0 radical (unpaired) electrons. The number of sulfone groups is 1. The fourth-order valence-corrected chi connectivity index (χ4v) is 6.60. The van der Waals surface area contributed by atoms with E-state index >= 15 is 0 Å². The van der Waals surface area contributed by atoms with E-state index in [2.05, 4.69) is 5.32 Å². The van der Waals surface area contributed by atoms with Crippen LogP contribution in [0, 0.1) is 6.92 Å². The number of carbonyl (C=O) groups is 2. The van der Waals surface area contributed by atoms with Crippen molar-refractivity contribution in [1.29, 1.82) is 0 Å². The lowest BCUT2D eigenvalue weighted by molar-refractivity contribution is -0.120. The summed E-state index contributed by atoms with van der Waals surface area (Å²) in [6, 6.07) is 11.7. The topological polar surface area (TPSA) is 125 Å². The fourth-order valence-electron chi connectivity index (χ4n) is 3.69. The van der Waals surface area contributed by atoms with Crippen molar-refractivity contribution in [1.82, 2.24) is 0 Å². The molecule has 1 unspecified atom stereocenters. The quantitative estimate of drug-likeness (QED) is 0.528. The van der Waals surface area contributed by atoms with Gasteiger partial charge in [0.05, 0.1) is 17.7 Å². The molecular formula is C23H22N2O6S2. The summed E-state index contributed by atoms with van der Waals surface area (Å²) in [4.78, 5) is 24.7. The molecule has 8 nitrogen and oxygen atoms in total. The predicted molar refractivity (Wildman–Crippen MR) is 124 cm³/mol. The second-order valence-corrected chi connectivity index (χ2v) is 10.5. The van der Waals surface area contributed by atoms with Crippen molar-refractivity contribution in [2.75, 3.05) is 19.0 Å². The summed E-state index contributed by atoms with van der Waals surface area (Å²) in [6.07, 6.45) is 0.138. The number of anilines is 1. The molecule has 1 aliphatic heterocycles. The van der Waals surface area contributed by atoms with Gasteiger partial charge < -0.3 is 20.5 Å². The normalized spacial score (nSPS) is 15.5. The summed E-state index contributed by atoms with van der Waals surface area (Å²) >= 11 is 1.28. The van der Waals surface area contributed by atoms with Crippen molar-refractivity contribution in [3.8, 4) is 11.5 Å². The molecule has 33 heavy (non-hydrogen) atoms. The Morgan fingerprint density at radius 2 is 1.91 bits per heavy atom. The lowest BCUT2D eigenvalue weighted by Crippen LogP contribution is -2.23. The molecule has 0 saturated heterocycles. The van der Waals surface area contributed by atoms with Gasteiger partial charge in [0.15, 0.2) is 18.1 Å². The van der Waals surface area contributed by atoms with Crippen molar-refractivity contribution >= 4 is 38.7 Å². The van der Waals surface area contributed by atoms with E-state index in [0.717, 1.165) is 16.0 Å². The Labute approximate surface area is 195 Å². The van der Waals surface area contributed by atoms with Crippen molar-refractivity contribution in [3.05, 3.63) is 63.8 Å². The van der Waals surface area contributed by atoms with E-state index in [1.807, 2.05) is 6.92 Å². The van der Waals surface area contributed by atoms with Crippen LogP contribution >= 0.6 is 11.3 Å². The van der Waals surface area contributed by atoms with Gasteiger partial charge >= 0.3 is 0 Å². The molecule has 1 atom stereocenters. The van der Waals surface area contributed by atoms with E-state index in [-0.39, 0.29) is 34.6 Å². The highest BCUT2D eigenvalue weighted by Crippen LogP contribution is 2.47. The number of methoxy groups -OCH3 is 1. The number of amides is 2. The van der Waals surface area contributed by atoms with Crippen LogP contribution in [0.15, 0.2) is 57.6 Å². The van der Waals surface area contributed by atoms with Crippen LogP contribution in [0.1, 0.15) is 28.3 Å². The van der Waals surface area contributed by atoms with Crippen LogP contribution in [0.25, 0.3) is 0 Å². The standard InChI is InChI=1S/C23H22N2O6S2/c1-13-3-6-15(7-4-13)33(28,29)19-12-32-23-16(10-21(27)25-22(19)23)14-5-8-17(30-2)18(9-14)31-11-20(24)26/h3-9,12,16H,10-11H2,1-2H3,(H2,24,26)(H,25,27). The minimum atomic E-state index is -3.82. The van der Waals surface area contributed by atoms with Gasteiger partial charge in [-0.1, -0.05) is 23.8 Å². The molecule has 10 heteroatoms. The maximum absolute atomic E-state index is 13.3. The highest BCUT2D eigenvalue weighted by atomic mass is 32.2. The molecular weight excluding hydrogens is 464 g/mol. The largest absolute Gasteiger partial charge is 0.493 e. The zero-order valence-electron chi connectivity index (χ0n) is 18.0. The Bertz CT molecular complexity index is 1330. The Hall–Kier alpha value is -3.37. The van der Waals surface area contributed by atoms with Crippen LogP contribution in [0.5, 0.6) is 11.5 Å². The fraction of sp³-hybridized carbons (Fsp3) is 0.217. The summed E-state index contributed by atoms with van der Waals surface area (Å²) in [5.74, 6) is -0.588. The number of rotatable bonds is 7. The number of carbonyl (C=O) groups excluding carboxylic acids is 2. The second kappa shape index (κ2) is 8.87. The third-order valence-corrected chi connectivity index (χ3v) is 8.38. The summed E-state index contributed by atoms with van der Waals surface area (Å²) in [5.41, 5.74) is 7.16. The number of thiophene rings is 1. The average Bonchev–Trinajstić information content (AvgIpc) is 3.21. The summed E-state index contributed by atoms with van der Waals surface area (Å²) < 4.78 is 37.3. The number of hydrogen-bond acceptors (Lipinski definition) is 7. The van der Waals surface area contributed by atoms with E-state index in [9.17, 15) is 18.0 Å². The van der Waals surface area contributed by atoms with Crippen LogP contribution in [-0.4, -0.2) is 33.9 Å². The summed E-state index contributed by atoms with van der Waals surface area (Å²) in [6.45, 7) is 1.55. The van der Waals surface area contributed by atoms with Gasteiger partial charge in [-0.2, -0.15) is 0 Å². The van der Waals surface area contributed by atoms with E-state index in [1.54, 1.807) is 47.8 Å². The molecule has 1 aromatic heterocycles. The average molecular weight is 487 g/mol. The molecule has 0 bridgehead atoms. The predicted octanol–water partition coefficient (Wildman–Crippen LogP) is 3.24. The Kier molecular flexibility index (Phi) is 6.13. The molecule has 2 heterocycles. The van der Waals surface area contributed by atoms with Crippen molar-refractivity contribution in [3.63, 3.8) is 0 Å². The Morgan fingerprint density at radius 1 is 1.18 bits per heavy atom. The summed E-state index contributed by atoms with van der Waals surface area (Å²) in [5, 5.41) is 4.31. The minimum Gasteiger partial charge on any atom is -0.493 e. The van der Waals surface area contributed by atoms with Crippen LogP contribution in [0.4, 0.5) is 5.69 Å². The molecule has 0 fully saturated rings. The summed E-state index contributed by atoms with van der Waals surface area (Å²) in [7, 11) is -2.35. The minimum absolute atomic E-state index is 0.0723. The van der Waals surface area contributed by atoms with E-state index in [0.29, 0.717) is 17.2 Å². The first-order valence-electron chi connectivity index (χ1n) is 10.0. The maximum atomic E-state index is 13.3. The zero-order chi connectivity index (χ0) is 23.8. The molecule has 2 aromatic carbocycles. The smallest absolute Gasteiger partial charge is 0.255 e. The van der Waals surface area contributed by atoms with Gasteiger partial charge in [0.2, 0.25) is 15.7 Å². The molecule has 3 N–H and O–H groups in total. The number of aryl methyl sites for hydroxylation is 1. The molecule has 2 amide bonds. The molecule has 1 aliphatic rings. The molecule has 0 aliphatic carbocycles. The number of nitrogens with two attached hydrogens (primary N) is 1. The van der Waals surface area contributed by atoms with Gasteiger partial charge in [0.1, 0.15) is 4.90 Å². The third-order valence-electron chi connectivity index (χ3n) is 5.34. The van der Waals surface area contributed by atoms with Gasteiger partial charge in [0, 0.05) is 22.6 Å². The van der Waals surface area contributed by atoms with Crippen LogP contribution < -0.4 is 20.5 Å². The number of hydrogen-bond donors (Lipinski definition) is 2. The number of fused-ring (bicyclic) bond motifs is 1. The second-order valence-electron chi connectivity index (χ2n) is 7.63. The number of nitrogens with one attached hydrogen (secondary N) is 1. The van der Waals surface area contributed by atoms with Crippen LogP contribution in [-0.2, 0) is 19.4 Å². The SMILES string of the molecule is COc1ccc(C2CC(=O)Nc3c(S(=O)(=O)c4ccc(C)cc4)csc32)cc1OCC(N)=O. The van der Waals surface area contributed by atoms with E-state index < -0.39 is 15.7 Å². The lowest BCUT2D eigenvalue weighted by atomic mass is 9.90. The monoisotopic (exact) mass is 486 g/mol. The van der Waals surface area contributed by atoms with Gasteiger partial charge in [-0.15, -0.1) is 11.3 Å². The third kappa shape index (κ3) is 4.44. The molecule has 4 rings (SSSR count). The van der Waals surface area contributed by atoms with Gasteiger partial charge in [-0.3, -0.25) is 9.59 Å². The van der Waals surface area contributed by atoms with Crippen LogP contribution in [0.3, 0.4) is 0 Å². The van der Waals surface area contributed by atoms with Crippen LogP contribution in [0.2, 0.25) is 0 Å². The van der Waals surface area contributed by atoms with Crippen molar-refractivity contribution in [2.45, 2.75) is 29.1 Å². The zero-order valence-corrected chi connectivity index (χ0v) is 19.6. The maximum Gasteiger partial charge on any atom is 0.255 e. The number of primary amides is 1. The van der Waals surface area contributed by atoms with Gasteiger partial charge in [-0.05, 0) is 36.8 Å². The van der Waals surface area contributed by atoms with Gasteiger partial charge in [-0.25, -0.2) is 8.42 Å². The molecule has 3 aromatic rings. The molecule has 0 spiro atoms. The Balaban J connectivity index is 1.76. The van der Waals surface area contributed by atoms with E-state index in [4.69, 9.17) is 15.2 Å². The highest BCUT2D eigenvalue weighted by Gasteiger charge is 2.34. The number of benzene rings is 2. The van der Waals surface area contributed by atoms with E-state index in [1.165, 1.54) is 18.4 Å². The van der Waals surface area contributed by atoms with Gasteiger partial charge in [0.25, 0.3) is 5.91 Å². The molecule has 172 valence electrons. The first kappa shape index (κ1) is 22.8. The van der Waals surface area contributed by atoms with Crippen molar-refractivity contribution < 1.29 is 27.5 Å².